The molecule has 5 nitrogen and oxygen atoms in total. The fourth-order valence-electron chi connectivity index (χ4n) is 1.79. The predicted octanol–water partition coefficient (Wildman–Crippen LogP) is 2.14. The van der Waals surface area contributed by atoms with Crippen LogP contribution >= 0.6 is 0 Å². The summed E-state index contributed by atoms with van der Waals surface area (Å²) >= 11 is 0. The normalized spacial score (nSPS) is 11.3. The molecule has 1 aromatic rings. The minimum Gasteiger partial charge on any atom is -0.497 e. The number of nitrogens with one attached hydrogen (secondary N) is 2. The Hall–Kier alpha value is -1.27. The summed E-state index contributed by atoms with van der Waals surface area (Å²) in [5, 5.41) is 3.19. The van der Waals surface area contributed by atoms with E-state index < -0.39 is 10.0 Å². The second-order valence-corrected chi connectivity index (χ2v) is 6.55. The third-order valence-electron chi connectivity index (χ3n) is 2.89. The van der Waals surface area contributed by atoms with Gasteiger partial charge in [0.2, 0.25) is 10.0 Å². The molecule has 0 saturated carbocycles. The van der Waals surface area contributed by atoms with Crippen molar-refractivity contribution in [2.45, 2.75) is 26.7 Å². The summed E-state index contributed by atoms with van der Waals surface area (Å²) in [7, 11) is -1.71. The molecule has 1 aromatic carbocycles. The maximum absolute atomic E-state index is 12.0. The summed E-state index contributed by atoms with van der Waals surface area (Å²) in [4.78, 5) is 0. The van der Waals surface area contributed by atoms with Gasteiger partial charge in [0.15, 0.2) is 0 Å². The third kappa shape index (κ3) is 5.79. The van der Waals surface area contributed by atoms with Crippen molar-refractivity contribution in [3.05, 3.63) is 23.8 Å². The maximum atomic E-state index is 12.0. The average Bonchev–Trinajstić information content (AvgIpc) is 2.40. The molecule has 114 valence electrons. The van der Waals surface area contributed by atoms with Gasteiger partial charge in [0, 0.05) is 0 Å². The van der Waals surface area contributed by atoms with Gasteiger partial charge in [-0.2, -0.15) is 0 Å². The van der Waals surface area contributed by atoms with Gasteiger partial charge in [0.1, 0.15) is 5.75 Å². The van der Waals surface area contributed by atoms with Crippen LogP contribution in [-0.2, 0) is 10.0 Å². The van der Waals surface area contributed by atoms with Crippen molar-refractivity contribution >= 4 is 15.7 Å². The first-order chi connectivity index (χ1) is 9.48. The second-order valence-electron chi connectivity index (χ2n) is 4.71. The van der Waals surface area contributed by atoms with Crippen molar-refractivity contribution in [2.75, 3.05) is 30.7 Å². The standard InChI is InChI=1S/C14H24N2O3S/c1-4-8-15-9-5-10-20(17,18)16-14-7-6-13(19-3)11-12(14)2/h6-7,11,15-16H,4-5,8-10H2,1-3H3. The van der Waals surface area contributed by atoms with Gasteiger partial charge in [0.05, 0.1) is 18.6 Å². The lowest BCUT2D eigenvalue weighted by Gasteiger charge is -2.11. The zero-order valence-corrected chi connectivity index (χ0v) is 13.2. The number of sulfonamides is 1. The van der Waals surface area contributed by atoms with Crippen molar-refractivity contribution < 1.29 is 13.2 Å². The largest absolute Gasteiger partial charge is 0.497 e. The first kappa shape index (κ1) is 16.8. The molecule has 2 N–H and O–H groups in total. The fourth-order valence-corrected chi connectivity index (χ4v) is 2.98. The average molecular weight is 300 g/mol. The van der Waals surface area contributed by atoms with Gasteiger partial charge in [-0.25, -0.2) is 8.42 Å². The van der Waals surface area contributed by atoms with E-state index in [0.29, 0.717) is 17.9 Å². The van der Waals surface area contributed by atoms with Crippen LogP contribution in [0.2, 0.25) is 0 Å². The fraction of sp³-hybridized carbons (Fsp3) is 0.571. The van der Waals surface area contributed by atoms with Crippen molar-refractivity contribution in [3.63, 3.8) is 0 Å². The molecule has 6 heteroatoms. The van der Waals surface area contributed by atoms with Crippen LogP contribution in [0.3, 0.4) is 0 Å². The molecule has 0 radical (unpaired) electrons. The van der Waals surface area contributed by atoms with E-state index in [1.165, 1.54) is 0 Å². The number of hydrogen-bond donors (Lipinski definition) is 2. The molecule has 0 spiro atoms. The lowest BCUT2D eigenvalue weighted by atomic mass is 10.2. The summed E-state index contributed by atoms with van der Waals surface area (Å²) < 4.78 is 31.7. The Balaban J connectivity index is 2.53. The molecule has 0 aliphatic rings. The molecule has 0 amide bonds. The molecule has 0 aliphatic heterocycles. The maximum Gasteiger partial charge on any atom is 0.232 e. The molecular weight excluding hydrogens is 276 g/mol. The van der Waals surface area contributed by atoms with Crippen molar-refractivity contribution in [1.29, 1.82) is 0 Å². The topological polar surface area (TPSA) is 67.4 Å². The lowest BCUT2D eigenvalue weighted by molar-refractivity contribution is 0.414. The van der Waals surface area contributed by atoms with Crippen molar-refractivity contribution in [1.82, 2.24) is 5.32 Å². The number of anilines is 1. The second kappa shape index (κ2) is 8.11. The lowest BCUT2D eigenvalue weighted by Crippen LogP contribution is -2.22. The first-order valence-corrected chi connectivity index (χ1v) is 8.49. The summed E-state index contributed by atoms with van der Waals surface area (Å²) in [5.41, 5.74) is 1.45. The van der Waals surface area contributed by atoms with Crippen molar-refractivity contribution in [3.8, 4) is 5.75 Å². The molecular formula is C14H24N2O3S. The number of hydrogen-bond acceptors (Lipinski definition) is 4. The van der Waals surface area contributed by atoms with E-state index in [1.807, 2.05) is 6.92 Å². The highest BCUT2D eigenvalue weighted by molar-refractivity contribution is 7.92. The zero-order chi connectivity index (χ0) is 15.0. The van der Waals surface area contributed by atoms with E-state index in [9.17, 15) is 8.42 Å². The molecule has 1 rings (SSSR count). The minimum atomic E-state index is -3.29. The SMILES string of the molecule is CCCNCCCS(=O)(=O)Nc1ccc(OC)cc1C. The summed E-state index contributed by atoms with van der Waals surface area (Å²) in [5.74, 6) is 0.837. The highest BCUT2D eigenvalue weighted by atomic mass is 32.2. The van der Waals surface area contributed by atoms with Crippen LogP contribution in [0.1, 0.15) is 25.3 Å². The first-order valence-electron chi connectivity index (χ1n) is 6.84. The van der Waals surface area contributed by atoms with Crippen LogP contribution in [0.4, 0.5) is 5.69 Å². The van der Waals surface area contributed by atoms with E-state index in [4.69, 9.17) is 4.74 Å². The van der Waals surface area contributed by atoms with E-state index in [-0.39, 0.29) is 5.75 Å². The molecule has 20 heavy (non-hydrogen) atoms. The van der Waals surface area contributed by atoms with Gasteiger partial charge in [-0.15, -0.1) is 0 Å². The van der Waals surface area contributed by atoms with Gasteiger partial charge < -0.3 is 10.1 Å². The Morgan fingerprint density at radius 1 is 1.25 bits per heavy atom. The van der Waals surface area contributed by atoms with Gasteiger partial charge in [-0.1, -0.05) is 6.92 Å². The number of benzene rings is 1. The Kier molecular flexibility index (Phi) is 6.81. The smallest absolute Gasteiger partial charge is 0.232 e. The van der Waals surface area contributed by atoms with Crippen LogP contribution < -0.4 is 14.8 Å². The molecule has 0 bridgehead atoms. The van der Waals surface area contributed by atoms with E-state index in [2.05, 4.69) is 17.0 Å². The highest BCUT2D eigenvalue weighted by Crippen LogP contribution is 2.22. The van der Waals surface area contributed by atoms with E-state index >= 15 is 0 Å². The Bertz CT molecular complexity index is 515. The zero-order valence-electron chi connectivity index (χ0n) is 12.4. The van der Waals surface area contributed by atoms with Crippen molar-refractivity contribution in [2.24, 2.45) is 0 Å². The quantitative estimate of drug-likeness (QED) is 0.686. The number of aryl methyl sites for hydroxylation is 1. The van der Waals surface area contributed by atoms with E-state index in [1.54, 1.807) is 25.3 Å². The molecule has 0 aromatic heterocycles. The van der Waals surface area contributed by atoms with Crippen LogP contribution in [0.15, 0.2) is 18.2 Å². The Labute approximate surface area is 121 Å². The molecule has 0 saturated heterocycles. The van der Waals surface area contributed by atoms with Crippen LogP contribution in [0.25, 0.3) is 0 Å². The Morgan fingerprint density at radius 3 is 2.60 bits per heavy atom. The minimum absolute atomic E-state index is 0.120. The molecule has 0 heterocycles. The highest BCUT2D eigenvalue weighted by Gasteiger charge is 2.11. The molecule has 0 atom stereocenters. The molecule has 0 aliphatic carbocycles. The van der Waals surface area contributed by atoms with Gasteiger partial charge in [-0.3, -0.25) is 4.72 Å². The van der Waals surface area contributed by atoms with E-state index in [0.717, 1.165) is 25.1 Å². The summed E-state index contributed by atoms with van der Waals surface area (Å²) in [6.45, 7) is 5.57. The number of ether oxygens (including phenoxy) is 1. The van der Waals surface area contributed by atoms with Crippen LogP contribution in [0, 0.1) is 6.92 Å². The number of methoxy groups -OCH3 is 1. The third-order valence-corrected chi connectivity index (χ3v) is 4.25. The number of rotatable bonds is 9. The summed E-state index contributed by atoms with van der Waals surface area (Å²) in [6, 6.07) is 5.27. The van der Waals surface area contributed by atoms with Crippen LogP contribution in [-0.4, -0.2) is 34.4 Å². The molecule has 0 unspecified atom stereocenters. The molecule has 0 fully saturated rings. The predicted molar refractivity (Wildman–Crippen MR) is 82.9 cm³/mol. The van der Waals surface area contributed by atoms with Gasteiger partial charge in [0.25, 0.3) is 0 Å². The van der Waals surface area contributed by atoms with Crippen LogP contribution in [0.5, 0.6) is 5.75 Å². The summed E-state index contributed by atoms with van der Waals surface area (Å²) in [6.07, 6.45) is 1.65. The van der Waals surface area contributed by atoms with Gasteiger partial charge in [-0.05, 0) is 56.6 Å². The van der Waals surface area contributed by atoms with Gasteiger partial charge >= 0.3 is 0 Å². The monoisotopic (exact) mass is 300 g/mol. The Morgan fingerprint density at radius 2 is 2.00 bits per heavy atom.